The van der Waals surface area contributed by atoms with Crippen LogP contribution in [0.4, 0.5) is 17.1 Å². The Hall–Kier alpha value is -1.62. The van der Waals surface area contributed by atoms with E-state index in [4.69, 9.17) is 27.7 Å². The van der Waals surface area contributed by atoms with Crippen molar-refractivity contribution < 1.29 is 4.74 Å². The average Bonchev–Trinajstić information content (AvgIpc) is 2.11. The van der Waals surface area contributed by atoms with Crippen LogP contribution in [0.3, 0.4) is 0 Å². The average molecular weight is 210 g/mol. The zero-order chi connectivity index (χ0) is 11.6. The molecule has 0 aliphatic carbocycles. The third kappa shape index (κ3) is 2.66. The molecule has 0 aliphatic rings. The first kappa shape index (κ1) is 11.5. The fraction of sp³-hybridized carbons (Fsp3) is 0.400. The highest BCUT2D eigenvalue weighted by molar-refractivity contribution is 5.73. The lowest BCUT2D eigenvalue weighted by Gasteiger charge is -2.26. The Morgan fingerprint density at radius 3 is 2.07 bits per heavy atom. The van der Waals surface area contributed by atoms with Crippen molar-refractivity contribution in [3.63, 3.8) is 0 Å². The smallest absolute Gasteiger partial charge is 0.167 e. The Kier molecular flexibility index (Phi) is 2.95. The van der Waals surface area contributed by atoms with E-state index in [-0.39, 0.29) is 0 Å². The summed E-state index contributed by atoms with van der Waals surface area (Å²) in [6, 6.07) is 3.19. The summed E-state index contributed by atoms with van der Waals surface area (Å²) in [7, 11) is 0. The zero-order valence-electron chi connectivity index (χ0n) is 9.08. The summed E-state index contributed by atoms with van der Waals surface area (Å²) >= 11 is 0. The molecule has 0 spiro atoms. The van der Waals surface area contributed by atoms with E-state index in [1.165, 1.54) is 0 Å². The van der Waals surface area contributed by atoms with Gasteiger partial charge in [-0.3, -0.25) is 5.73 Å². The number of anilines is 3. The SMILES string of the molecule is CCC(C)(N)Oc1c(N)cc(N)cc1N. The van der Waals surface area contributed by atoms with E-state index in [9.17, 15) is 0 Å². The van der Waals surface area contributed by atoms with Crippen molar-refractivity contribution >= 4 is 17.1 Å². The summed E-state index contributed by atoms with van der Waals surface area (Å²) in [4.78, 5) is 0. The molecule has 0 radical (unpaired) electrons. The van der Waals surface area contributed by atoms with Gasteiger partial charge in [0.05, 0.1) is 11.4 Å². The number of nitrogen functional groups attached to an aromatic ring is 3. The number of hydrogen-bond acceptors (Lipinski definition) is 5. The van der Waals surface area contributed by atoms with E-state index in [0.29, 0.717) is 29.2 Å². The Morgan fingerprint density at radius 2 is 1.67 bits per heavy atom. The molecule has 0 saturated heterocycles. The van der Waals surface area contributed by atoms with Crippen molar-refractivity contribution in [2.45, 2.75) is 26.0 Å². The number of benzene rings is 1. The first-order chi connectivity index (χ1) is 6.85. The van der Waals surface area contributed by atoms with Crippen LogP contribution in [0.25, 0.3) is 0 Å². The Morgan fingerprint density at radius 1 is 1.20 bits per heavy atom. The van der Waals surface area contributed by atoms with E-state index in [1.54, 1.807) is 19.1 Å². The van der Waals surface area contributed by atoms with Crippen molar-refractivity contribution in [1.82, 2.24) is 0 Å². The maximum absolute atomic E-state index is 5.86. The van der Waals surface area contributed by atoms with Crippen LogP contribution in [-0.2, 0) is 0 Å². The van der Waals surface area contributed by atoms with Crippen LogP contribution < -0.4 is 27.7 Å². The van der Waals surface area contributed by atoms with E-state index in [0.717, 1.165) is 0 Å². The highest BCUT2D eigenvalue weighted by Crippen LogP contribution is 2.33. The van der Waals surface area contributed by atoms with Gasteiger partial charge in [-0.2, -0.15) is 0 Å². The van der Waals surface area contributed by atoms with Crippen molar-refractivity contribution in [3.05, 3.63) is 12.1 Å². The van der Waals surface area contributed by atoms with E-state index >= 15 is 0 Å². The topological polar surface area (TPSA) is 113 Å². The molecule has 1 aromatic carbocycles. The van der Waals surface area contributed by atoms with Crippen LogP contribution in [-0.4, -0.2) is 5.72 Å². The summed E-state index contributed by atoms with van der Waals surface area (Å²) in [5.41, 5.74) is 23.5. The molecule has 0 heterocycles. The van der Waals surface area contributed by atoms with E-state index in [1.807, 2.05) is 6.92 Å². The standard InChI is InChI=1S/C10H18N4O/c1-3-10(2,14)15-9-7(12)4-6(11)5-8(9)13/h4-5H,3,11-14H2,1-2H3. The zero-order valence-corrected chi connectivity index (χ0v) is 9.08. The van der Waals surface area contributed by atoms with Crippen LogP contribution >= 0.6 is 0 Å². The molecule has 0 fully saturated rings. The molecule has 1 atom stereocenters. The molecule has 0 aromatic heterocycles. The largest absolute Gasteiger partial charge is 0.469 e. The second-order valence-corrected chi connectivity index (χ2v) is 3.80. The molecule has 0 bridgehead atoms. The first-order valence-corrected chi connectivity index (χ1v) is 4.78. The lowest BCUT2D eigenvalue weighted by atomic mass is 10.2. The van der Waals surface area contributed by atoms with Gasteiger partial charge >= 0.3 is 0 Å². The molecule has 84 valence electrons. The summed E-state index contributed by atoms with van der Waals surface area (Å²) in [6.45, 7) is 3.69. The van der Waals surface area contributed by atoms with Crippen LogP contribution in [0, 0.1) is 0 Å². The molecular weight excluding hydrogens is 192 g/mol. The quantitative estimate of drug-likeness (QED) is 0.437. The van der Waals surface area contributed by atoms with Crippen LogP contribution in [0.1, 0.15) is 20.3 Å². The molecule has 1 unspecified atom stereocenters. The lowest BCUT2D eigenvalue weighted by Crippen LogP contribution is -2.42. The second-order valence-electron chi connectivity index (χ2n) is 3.80. The predicted octanol–water partition coefficient (Wildman–Crippen LogP) is 0.897. The third-order valence-corrected chi connectivity index (χ3v) is 2.21. The molecular formula is C10H18N4O. The minimum Gasteiger partial charge on any atom is -0.469 e. The van der Waals surface area contributed by atoms with Gasteiger partial charge in [0.15, 0.2) is 11.5 Å². The first-order valence-electron chi connectivity index (χ1n) is 4.78. The van der Waals surface area contributed by atoms with Crippen molar-refractivity contribution in [2.75, 3.05) is 17.2 Å². The van der Waals surface area contributed by atoms with Gasteiger partial charge in [-0.25, -0.2) is 0 Å². The number of rotatable bonds is 3. The molecule has 15 heavy (non-hydrogen) atoms. The van der Waals surface area contributed by atoms with Gasteiger partial charge in [-0.05, 0) is 25.5 Å². The molecule has 5 heteroatoms. The van der Waals surface area contributed by atoms with Crippen LogP contribution in [0.5, 0.6) is 5.75 Å². The van der Waals surface area contributed by atoms with Gasteiger partial charge in [-0.15, -0.1) is 0 Å². The Balaban J connectivity index is 3.05. The van der Waals surface area contributed by atoms with Crippen molar-refractivity contribution in [3.8, 4) is 5.75 Å². The molecule has 1 aromatic rings. The monoisotopic (exact) mass is 210 g/mol. The minimum absolute atomic E-state index is 0.399. The van der Waals surface area contributed by atoms with Gasteiger partial charge in [-0.1, -0.05) is 6.92 Å². The summed E-state index contributed by atoms with van der Waals surface area (Å²) in [6.07, 6.45) is 0.649. The molecule has 8 N–H and O–H groups in total. The maximum Gasteiger partial charge on any atom is 0.167 e. The van der Waals surface area contributed by atoms with Gasteiger partial charge < -0.3 is 21.9 Å². The van der Waals surface area contributed by atoms with Crippen LogP contribution in [0.15, 0.2) is 12.1 Å². The summed E-state index contributed by atoms with van der Waals surface area (Å²) in [5, 5.41) is 0. The number of nitrogens with two attached hydrogens (primary N) is 4. The predicted molar refractivity (Wildman–Crippen MR) is 63.2 cm³/mol. The van der Waals surface area contributed by atoms with E-state index in [2.05, 4.69) is 0 Å². The normalized spacial score (nSPS) is 14.6. The lowest BCUT2D eigenvalue weighted by molar-refractivity contribution is 0.0937. The summed E-state index contributed by atoms with van der Waals surface area (Å²) < 4.78 is 5.54. The van der Waals surface area contributed by atoms with Gasteiger partial charge in [0.1, 0.15) is 0 Å². The highest BCUT2D eigenvalue weighted by atomic mass is 16.5. The molecule has 0 aliphatic heterocycles. The fourth-order valence-corrected chi connectivity index (χ4v) is 1.12. The van der Waals surface area contributed by atoms with Gasteiger partial charge in [0, 0.05) is 5.69 Å². The fourth-order valence-electron chi connectivity index (χ4n) is 1.12. The van der Waals surface area contributed by atoms with Crippen molar-refractivity contribution in [1.29, 1.82) is 0 Å². The molecule has 0 saturated carbocycles. The maximum atomic E-state index is 5.86. The number of hydrogen-bond donors (Lipinski definition) is 4. The minimum atomic E-state index is -0.779. The second kappa shape index (κ2) is 3.86. The number of ether oxygens (including phenoxy) is 1. The summed E-state index contributed by atoms with van der Waals surface area (Å²) in [5.74, 6) is 0.399. The molecule has 0 amide bonds. The van der Waals surface area contributed by atoms with Gasteiger partial charge in [0.2, 0.25) is 0 Å². The molecule has 1 rings (SSSR count). The van der Waals surface area contributed by atoms with Gasteiger partial charge in [0.25, 0.3) is 0 Å². The third-order valence-electron chi connectivity index (χ3n) is 2.21. The highest BCUT2D eigenvalue weighted by Gasteiger charge is 2.20. The van der Waals surface area contributed by atoms with E-state index < -0.39 is 5.72 Å². The Labute approximate surface area is 89.4 Å². The van der Waals surface area contributed by atoms with Crippen molar-refractivity contribution in [2.24, 2.45) is 5.73 Å². The molecule has 5 nitrogen and oxygen atoms in total. The van der Waals surface area contributed by atoms with Crippen LogP contribution in [0.2, 0.25) is 0 Å². The Bertz CT molecular complexity index is 339.